The Balaban J connectivity index is 1.36. The first kappa shape index (κ1) is 20.3. The summed E-state index contributed by atoms with van der Waals surface area (Å²) in [6.07, 6.45) is 2.06. The second-order valence-corrected chi connectivity index (χ2v) is 7.22. The summed E-state index contributed by atoms with van der Waals surface area (Å²) in [5.74, 6) is -0.00736. The van der Waals surface area contributed by atoms with Gasteiger partial charge < -0.3 is 15.4 Å². The first-order valence-corrected chi connectivity index (χ1v) is 9.93. The molecule has 0 unspecified atom stereocenters. The molecule has 4 amide bonds. The summed E-state index contributed by atoms with van der Waals surface area (Å²) in [7, 11) is 1.59. The van der Waals surface area contributed by atoms with Crippen LogP contribution in [-0.4, -0.2) is 47.4 Å². The number of carbonyl (C=O) groups is 3. The highest BCUT2D eigenvalue weighted by molar-refractivity contribution is 6.08. The number of hydrogen-bond acceptors (Lipinski definition) is 5. The number of benzene rings is 2. The Hall–Kier alpha value is -3.94. The van der Waals surface area contributed by atoms with Crippen molar-refractivity contribution in [2.75, 3.05) is 19.0 Å². The molecule has 1 aliphatic rings. The first-order chi connectivity index (χ1) is 15.0. The maximum atomic E-state index is 12.7. The van der Waals surface area contributed by atoms with Crippen molar-refractivity contribution in [1.82, 2.24) is 15.2 Å². The van der Waals surface area contributed by atoms with Crippen LogP contribution in [0.5, 0.6) is 5.75 Å². The monoisotopic (exact) mass is 418 g/mol. The smallest absolute Gasteiger partial charge is 0.324 e. The zero-order valence-corrected chi connectivity index (χ0v) is 17.0. The van der Waals surface area contributed by atoms with Gasteiger partial charge in [-0.05, 0) is 48.4 Å². The minimum Gasteiger partial charge on any atom is -0.497 e. The van der Waals surface area contributed by atoms with Crippen molar-refractivity contribution in [1.29, 1.82) is 0 Å². The predicted molar refractivity (Wildman–Crippen MR) is 116 cm³/mol. The highest BCUT2D eigenvalue weighted by Crippen LogP contribution is 2.22. The molecule has 8 heteroatoms. The Morgan fingerprint density at radius 1 is 1.13 bits per heavy atom. The molecule has 1 fully saturated rings. The molecule has 3 aromatic rings. The van der Waals surface area contributed by atoms with Crippen molar-refractivity contribution in [2.45, 2.75) is 18.9 Å². The summed E-state index contributed by atoms with van der Waals surface area (Å²) in [6.45, 7) is 0.240. The summed E-state index contributed by atoms with van der Waals surface area (Å²) < 4.78 is 5.13. The average Bonchev–Trinajstić information content (AvgIpc) is 3.05. The SMILES string of the molecule is COc1ccc(CCN2C(=O)N[C@@H](CC(=O)Nc3cccc4ncccc34)C2=O)cc1. The van der Waals surface area contributed by atoms with Crippen LogP contribution in [0, 0.1) is 0 Å². The van der Waals surface area contributed by atoms with Crippen LogP contribution < -0.4 is 15.4 Å². The average molecular weight is 418 g/mol. The summed E-state index contributed by atoms with van der Waals surface area (Å²) in [5.41, 5.74) is 2.35. The molecule has 31 heavy (non-hydrogen) atoms. The fraction of sp³-hybridized carbons (Fsp3) is 0.217. The number of amides is 4. The number of carbonyl (C=O) groups excluding carboxylic acids is 3. The van der Waals surface area contributed by atoms with Gasteiger partial charge in [-0.3, -0.25) is 19.5 Å². The van der Waals surface area contributed by atoms with E-state index in [1.54, 1.807) is 31.5 Å². The van der Waals surface area contributed by atoms with E-state index >= 15 is 0 Å². The fourth-order valence-corrected chi connectivity index (χ4v) is 3.56. The molecule has 1 aliphatic heterocycles. The van der Waals surface area contributed by atoms with Crippen molar-refractivity contribution >= 4 is 34.4 Å². The lowest BCUT2D eigenvalue weighted by atomic mass is 10.1. The predicted octanol–water partition coefficient (Wildman–Crippen LogP) is 2.74. The molecule has 0 aliphatic carbocycles. The lowest BCUT2D eigenvalue weighted by Gasteiger charge is -2.13. The zero-order chi connectivity index (χ0) is 21.8. The van der Waals surface area contributed by atoms with Crippen molar-refractivity contribution in [3.8, 4) is 5.75 Å². The van der Waals surface area contributed by atoms with Crippen molar-refractivity contribution < 1.29 is 19.1 Å². The Bertz CT molecular complexity index is 1120. The molecule has 158 valence electrons. The van der Waals surface area contributed by atoms with Crippen LogP contribution in [0.1, 0.15) is 12.0 Å². The summed E-state index contributed by atoms with van der Waals surface area (Å²) >= 11 is 0. The van der Waals surface area contributed by atoms with Crippen molar-refractivity contribution in [3.63, 3.8) is 0 Å². The van der Waals surface area contributed by atoms with Crippen molar-refractivity contribution in [2.24, 2.45) is 0 Å². The number of urea groups is 1. The number of fused-ring (bicyclic) bond motifs is 1. The van der Waals surface area contributed by atoms with Crippen LogP contribution in [0.15, 0.2) is 60.8 Å². The van der Waals surface area contributed by atoms with Crippen LogP contribution in [0.25, 0.3) is 10.9 Å². The molecule has 0 saturated carbocycles. The molecule has 0 spiro atoms. The van der Waals surface area contributed by atoms with Crippen LogP contribution in [0.3, 0.4) is 0 Å². The Morgan fingerprint density at radius 2 is 1.94 bits per heavy atom. The zero-order valence-electron chi connectivity index (χ0n) is 17.0. The minimum atomic E-state index is -0.878. The van der Waals surface area contributed by atoms with Crippen LogP contribution >= 0.6 is 0 Å². The van der Waals surface area contributed by atoms with Crippen molar-refractivity contribution in [3.05, 3.63) is 66.4 Å². The molecule has 0 radical (unpaired) electrons. The molecule has 0 bridgehead atoms. The normalized spacial score (nSPS) is 15.8. The summed E-state index contributed by atoms with van der Waals surface area (Å²) in [6, 6.07) is 15.2. The third-order valence-corrected chi connectivity index (χ3v) is 5.20. The van der Waals surface area contributed by atoms with E-state index in [0.29, 0.717) is 12.1 Å². The van der Waals surface area contributed by atoms with E-state index in [-0.39, 0.29) is 18.9 Å². The molecule has 1 atom stereocenters. The minimum absolute atomic E-state index is 0.139. The van der Waals surface area contributed by atoms with Gasteiger partial charge in [-0.25, -0.2) is 4.79 Å². The summed E-state index contributed by atoms with van der Waals surface area (Å²) in [5, 5.41) is 6.23. The molecule has 2 N–H and O–H groups in total. The number of nitrogens with zero attached hydrogens (tertiary/aromatic N) is 2. The number of methoxy groups -OCH3 is 1. The molecular weight excluding hydrogens is 396 g/mol. The molecule has 8 nitrogen and oxygen atoms in total. The van der Waals surface area contributed by atoms with E-state index in [1.165, 1.54) is 0 Å². The lowest BCUT2D eigenvalue weighted by Crippen LogP contribution is -2.35. The Kier molecular flexibility index (Phi) is 5.79. The second-order valence-electron chi connectivity index (χ2n) is 7.22. The number of imide groups is 1. The van der Waals surface area contributed by atoms with Gasteiger partial charge in [0, 0.05) is 18.1 Å². The van der Waals surface area contributed by atoms with Gasteiger partial charge >= 0.3 is 6.03 Å². The van der Waals surface area contributed by atoms with Gasteiger partial charge in [0.1, 0.15) is 11.8 Å². The summed E-state index contributed by atoms with van der Waals surface area (Å²) in [4.78, 5) is 42.9. The van der Waals surface area contributed by atoms with Gasteiger partial charge in [-0.15, -0.1) is 0 Å². The number of pyridine rings is 1. The van der Waals surface area contributed by atoms with E-state index in [4.69, 9.17) is 4.74 Å². The van der Waals surface area contributed by atoms with E-state index in [2.05, 4.69) is 15.6 Å². The molecule has 2 heterocycles. The molecular formula is C23H22N4O4. The number of hydrogen-bond donors (Lipinski definition) is 2. The van der Waals surface area contributed by atoms with E-state index in [9.17, 15) is 14.4 Å². The highest BCUT2D eigenvalue weighted by Gasteiger charge is 2.38. The van der Waals surface area contributed by atoms with Gasteiger partial charge in [0.05, 0.1) is 24.7 Å². The fourth-order valence-electron chi connectivity index (χ4n) is 3.56. The molecule has 1 aromatic heterocycles. The maximum Gasteiger partial charge on any atom is 0.324 e. The Morgan fingerprint density at radius 3 is 2.71 bits per heavy atom. The van der Waals surface area contributed by atoms with E-state index in [0.717, 1.165) is 27.1 Å². The molecule has 2 aromatic carbocycles. The standard InChI is InChI=1S/C23H22N4O4/c1-31-16-9-7-15(8-10-16)11-13-27-22(29)20(26-23(27)30)14-21(28)25-19-6-2-5-18-17(19)4-3-12-24-18/h2-10,12,20H,11,13-14H2,1H3,(H,25,28)(H,26,30)/t20-/m0/s1. The van der Waals surface area contributed by atoms with Crippen LogP contribution in [-0.2, 0) is 16.0 Å². The number of rotatable bonds is 7. The number of anilines is 1. The number of nitrogens with one attached hydrogen (secondary N) is 2. The maximum absolute atomic E-state index is 12.7. The largest absolute Gasteiger partial charge is 0.497 e. The number of ether oxygens (including phenoxy) is 1. The van der Waals surface area contributed by atoms with E-state index in [1.807, 2.05) is 36.4 Å². The highest BCUT2D eigenvalue weighted by atomic mass is 16.5. The Labute approximate surface area is 179 Å². The first-order valence-electron chi connectivity index (χ1n) is 9.93. The lowest BCUT2D eigenvalue weighted by molar-refractivity contribution is -0.129. The second kappa shape index (κ2) is 8.83. The topological polar surface area (TPSA) is 101 Å². The third kappa shape index (κ3) is 4.48. The quantitative estimate of drug-likeness (QED) is 0.575. The van der Waals surface area contributed by atoms with Gasteiger partial charge in [-0.2, -0.15) is 0 Å². The van der Waals surface area contributed by atoms with Gasteiger partial charge in [-0.1, -0.05) is 18.2 Å². The third-order valence-electron chi connectivity index (χ3n) is 5.20. The van der Waals surface area contributed by atoms with Gasteiger partial charge in [0.15, 0.2) is 0 Å². The number of aromatic nitrogens is 1. The van der Waals surface area contributed by atoms with E-state index < -0.39 is 18.0 Å². The molecule has 1 saturated heterocycles. The van der Waals surface area contributed by atoms with Gasteiger partial charge in [0.25, 0.3) is 5.91 Å². The van der Waals surface area contributed by atoms with Crippen LogP contribution in [0.4, 0.5) is 10.5 Å². The van der Waals surface area contributed by atoms with Crippen LogP contribution in [0.2, 0.25) is 0 Å². The van der Waals surface area contributed by atoms with Gasteiger partial charge in [0.2, 0.25) is 5.91 Å². The molecule has 4 rings (SSSR count).